The maximum absolute atomic E-state index is 11.6. The van der Waals surface area contributed by atoms with Gasteiger partial charge < -0.3 is 20.2 Å². The fourth-order valence-corrected chi connectivity index (χ4v) is 1.06. The van der Waals surface area contributed by atoms with Crippen molar-refractivity contribution in [3.63, 3.8) is 0 Å². The number of amides is 2. The number of carboxylic acids is 1. The summed E-state index contributed by atoms with van der Waals surface area (Å²) >= 11 is 0. The molecule has 0 radical (unpaired) electrons. The number of hydrogen-bond acceptors (Lipinski definition) is 3. The van der Waals surface area contributed by atoms with Crippen LogP contribution in [0, 0.1) is 0 Å². The summed E-state index contributed by atoms with van der Waals surface area (Å²) in [6.45, 7) is 6.85. The molecule has 0 aliphatic carbocycles. The lowest BCUT2D eigenvalue weighted by Crippen LogP contribution is -2.47. The van der Waals surface area contributed by atoms with Gasteiger partial charge in [-0.1, -0.05) is 0 Å². The minimum absolute atomic E-state index is 0.364. The second-order valence-electron chi connectivity index (χ2n) is 4.43. The van der Waals surface area contributed by atoms with E-state index in [0.717, 1.165) is 6.54 Å². The van der Waals surface area contributed by atoms with Gasteiger partial charge in [-0.3, -0.25) is 0 Å². The Bertz CT molecular complexity index is 269. The standard InChI is InChI=1S/C11H23N3O3/c1-8(2)13(4)7-6-12-11(17)14(5)9(3)10(15)16/h8-9H,6-7H2,1-5H3,(H,12,17)(H,15,16). The topological polar surface area (TPSA) is 72.9 Å². The summed E-state index contributed by atoms with van der Waals surface area (Å²) in [6, 6.07) is -0.766. The van der Waals surface area contributed by atoms with E-state index in [-0.39, 0.29) is 6.03 Å². The number of likely N-dealkylation sites (N-methyl/N-ethyl adjacent to an activating group) is 2. The molecule has 0 rings (SSSR count). The lowest BCUT2D eigenvalue weighted by atomic mass is 10.3. The number of rotatable bonds is 6. The first-order valence-electron chi connectivity index (χ1n) is 5.71. The van der Waals surface area contributed by atoms with Gasteiger partial charge in [0.2, 0.25) is 0 Å². The zero-order chi connectivity index (χ0) is 13.6. The Kier molecular flexibility index (Phi) is 6.57. The molecule has 0 aliphatic rings. The highest BCUT2D eigenvalue weighted by Gasteiger charge is 2.21. The van der Waals surface area contributed by atoms with E-state index >= 15 is 0 Å². The summed E-state index contributed by atoms with van der Waals surface area (Å²) < 4.78 is 0. The Morgan fingerprint density at radius 3 is 2.18 bits per heavy atom. The molecule has 100 valence electrons. The molecule has 6 heteroatoms. The third-order valence-electron chi connectivity index (χ3n) is 2.88. The molecular formula is C11H23N3O3. The highest BCUT2D eigenvalue weighted by molar-refractivity contribution is 5.82. The average Bonchev–Trinajstić information content (AvgIpc) is 2.26. The van der Waals surface area contributed by atoms with E-state index in [1.165, 1.54) is 18.9 Å². The van der Waals surface area contributed by atoms with E-state index in [9.17, 15) is 9.59 Å². The van der Waals surface area contributed by atoms with Gasteiger partial charge in [0, 0.05) is 26.2 Å². The SMILES string of the molecule is CC(C)N(C)CCNC(=O)N(C)C(C)C(=O)O. The van der Waals surface area contributed by atoms with Crippen molar-refractivity contribution >= 4 is 12.0 Å². The van der Waals surface area contributed by atoms with Crippen LogP contribution in [-0.2, 0) is 4.79 Å². The third-order valence-corrected chi connectivity index (χ3v) is 2.88. The monoisotopic (exact) mass is 245 g/mol. The lowest BCUT2D eigenvalue weighted by molar-refractivity contribution is -0.141. The minimum Gasteiger partial charge on any atom is -0.480 e. The van der Waals surface area contributed by atoms with Gasteiger partial charge in [0.25, 0.3) is 0 Å². The highest BCUT2D eigenvalue weighted by Crippen LogP contribution is 1.96. The number of hydrogen-bond donors (Lipinski definition) is 2. The normalized spacial score (nSPS) is 12.6. The maximum atomic E-state index is 11.6. The first kappa shape index (κ1) is 15.7. The number of aliphatic carboxylic acids is 1. The van der Waals surface area contributed by atoms with Crippen LogP contribution in [-0.4, -0.2) is 66.2 Å². The summed E-state index contributed by atoms with van der Waals surface area (Å²) in [5, 5.41) is 11.4. The van der Waals surface area contributed by atoms with E-state index in [1.54, 1.807) is 0 Å². The van der Waals surface area contributed by atoms with Crippen LogP contribution in [0.3, 0.4) is 0 Å². The van der Waals surface area contributed by atoms with Crippen LogP contribution < -0.4 is 5.32 Å². The first-order chi connectivity index (χ1) is 7.77. The summed E-state index contributed by atoms with van der Waals surface area (Å²) in [5.74, 6) is -1.01. The predicted molar refractivity (Wildman–Crippen MR) is 66.0 cm³/mol. The van der Waals surface area contributed by atoms with Gasteiger partial charge >= 0.3 is 12.0 Å². The lowest BCUT2D eigenvalue weighted by Gasteiger charge is -2.24. The number of nitrogens with zero attached hydrogens (tertiary/aromatic N) is 2. The number of urea groups is 1. The largest absolute Gasteiger partial charge is 0.480 e. The van der Waals surface area contributed by atoms with E-state index in [2.05, 4.69) is 24.1 Å². The Morgan fingerprint density at radius 2 is 1.76 bits per heavy atom. The molecule has 0 aliphatic heterocycles. The van der Waals surface area contributed by atoms with E-state index in [1.807, 2.05) is 7.05 Å². The molecule has 0 saturated heterocycles. The van der Waals surface area contributed by atoms with Crippen LogP contribution in [0.4, 0.5) is 4.79 Å². The van der Waals surface area contributed by atoms with Crippen LogP contribution in [0.15, 0.2) is 0 Å². The van der Waals surface area contributed by atoms with Crippen molar-refractivity contribution < 1.29 is 14.7 Å². The van der Waals surface area contributed by atoms with Gasteiger partial charge in [0.05, 0.1) is 0 Å². The molecule has 6 nitrogen and oxygen atoms in total. The highest BCUT2D eigenvalue weighted by atomic mass is 16.4. The smallest absolute Gasteiger partial charge is 0.326 e. The van der Waals surface area contributed by atoms with Crippen molar-refractivity contribution in [3.05, 3.63) is 0 Å². The van der Waals surface area contributed by atoms with Crippen molar-refractivity contribution in [3.8, 4) is 0 Å². The van der Waals surface area contributed by atoms with Crippen LogP contribution in [0.5, 0.6) is 0 Å². The summed E-state index contributed by atoms with van der Waals surface area (Å²) in [5.41, 5.74) is 0. The van der Waals surface area contributed by atoms with Crippen LogP contribution in [0.2, 0.25) is 0 Å². The number of carbonyl (C=O) groups is 2. The zero-order valence-electron chi connectivity index (χ0n) is 11.2. The van der Waals surface area contributed by atoms with Gasteiger partial charge in [-0.15, -0.1) is 0 Å². The van der Waals surface area contributed by atoms with Gasteiger partial charge in [0.15, 0.2) is 0 Å². The van der Waals surface area contributed by atoms with Crippen molar-refractivity contribution in [1.82, 2.24) is 15.1 Å². The average molecular weight is 245 g/mol. The Labute approximate surface area is 103 Å². The van der Waals surface area contributed by atoms with Gasteiger partial charge in [-0.2, -0.15) is 0 Å². The fourth-order valence-electron chi connectivity index (χ4n) is 1.06. The predicted octanol–water partition coefficient (Wildman–Crippen LogP) is 0.441. The summed E-state index contributed by atoms with van der Waals surface area (Å²) in [4.78, 5) is 25.5. The zero-order valence-corrected chi connectivity index (χ0v) is 11.2. The molecule has 0 spiro atoms. The molecule has 2 amide bonds. The molecule has 0 aromatic carbocycles. The van der Waals surface area contributed by atoms with Gasteiger partial charge in [-0.25, -0.2) is 9.59 Å². The maximum Gasteiger partial charge on any atom is 0.326 e. The van der Waals surface area contributed by atoms with Crippen molar-refractivity contribution in [2.45, 2.75) is 32.9 Å². The molecule has 17 heavy (non-hydrogen) atoms. The molecule has 0 heterocycles. The number of carbonyl (C=O) groups excluding carboxylic acids is 1. The molecule has 0 saturated carbocycles. The van der Waals surface area contributed by atoms with Gasteiger partial charge in [0.1, 0.15) is 6.04 Å². The summed E-state index contributed by atoms with van der Waals surface area (Å²) in [6.07, 6.45) is 0. The Morgan fingerprint density at radius 1 is 1.24 bits per heavy atom. The van der Waals surface area contributed by atoms with Crippen LogP contribution >= 0.6 is 0 Å². The van der Waals surface area contributed by atoms with E-state index < -0.39 is 12.0 Å². The second-order valence-corrected chi connectivity index (χ2v) is 4.43. The van der Waals surface area contributed by atoms with E-state index in [0.29, 0.717) is 12.6 Å². The minimum atomic E-state index is -1.01. The number of carboxylic acid groups (broad SMARTS) is 1. The van der Waals surface area contributed by atoms with Gasteiger partial charge in [-0.05, 0) is 27.8 Å². The molecule has 2 N–H and O–H groups in total. The van der Waals surface area contributed by atoms with Crippen LogP contribution in [0.25, 0.3) is 0 Å². The van der Waals surface area contributed by atoms with Crippen LogP contribution in [0.1, 0.15) is 20.8 Å². The fraction of sp³-hybridized carbons (Fsp3) is 0.818. The Hall–Kier alpha value is -1.30. The Balaban J connectivity index is 3.98. The molecule has 0 aromatic heterocycles. The quantitative estimate of drug-likeness (QED) is 0.712. The molecule has 0 bridgehead atoms. The molecule has 1 unspecified atom stereocenters. The van der Waals surface area contributed by atoms with E-state index in [4.69, 9.17) is 5.11 Å². The number of nitrogens with one attached hydrogen (secondary N) is 1. The van der Waals surface area contributed by atoms with Crippen molar-refractivity contribution in [2.24, 2.45) is 0 Å². The van der Waals surface area contributed by atoms with Crippen molar-refractivity contribution in [2.75, 3.05) is 27.2 Å². The molecule has 0 fully saturated rings. The van der Waals surface area contributed by atoms with Crippen molar-refractivity contribution in [1.29, 1.82) is 0 Å². The molecule has 1 atom stereocenters. The molecular weight excluding hydrogens is 222 g/mol. The second kappa shape index (κ2) is 7.11. The molecule has 0 aromatic rings. The first-order valence-corrected chi connectivity index (χ1v) is 5.71. The summed E-state index contributed by atoms with van der Waals surface area (Å²) in [7, 11) is 3.45. The third kappa shape index (κ3) is 5.53.